The van der Waals surface area contributed by atoms with Crippen LogP contribution in [-0.4, -0.2) is 11.0 Å². The summed E-state index contributed by atoms with van der Waals surface area (Å²) in [6, 6.07) is 8.31. The summed E-state index contributed by atoms with van der Waals surface area (Å²) in [5.41, 5.74) is 4.96. The smallest absolute Gasteiger partial charge is 0.137 e. The van der Waals surface area contributed by atoms with Crippen LogP contribution in [0.25, 0.3) is 11.0 Å². The Bertz CT molecular complexity index is 521. The average Bonchev–Trinajstić information content (AvgIpc) is 2.75. The van der Waals surface area contributed by atoms with E-state index in [1.54, 1.807) is 0 Å². The summed E-state index contributed by atoms with van der Waals surface area (Å²) in [6.07, 6.45) is 0. The predicted molar refractivity (Wildman–Crippen MR) is 78.6 cm³/mol. The molecule has 0 saturated heterocycles. The van der Waals surface area contributed by atoms with Crippen LogP contribution in [0.5, 0.6) is 0 Å². The standard InChI is InChI=1S/C14H20N2OS/c1-9(2)18-8-12(16-15)13-7-11-6-4-5-10(3)14(11)17-13/h4-7,9,12,16H,8,15H2,1-3H3. The fourth-order valence-electron chi connectivity index (χ4n) is 1.90. The van der Waals surface area contributed by atoms with Gasteiger partial charge in [-0.25, -0.2) is 5.43 Å². The van der Waals surface area contributed by atoms with E-state index in [2.05, 4.69) is 44.4 Å². The molecule has 1 heterocycles. The average molecular weight is 264 g/mol. The van der Waals surface area contributed by atoms with Gasteiger partial charge in [-0.15, -0.1) is 0 Å². The van der Waals surface area contributed by atoms with Crippen molar-refractivity contribution in [3.05, 3.63) is 35.6 Å². The Morgan fingerprint density at radius 3 is 2.78 bits per heavy atom. The van der Waals surface area contributed by atoms with Crippen LogP contribution in [0.2, 0.25) is 0 Å². The number of furan rings is 1. The highest BCUT2D eigenvalue weighted by Gasteiger charge is 2.16. The molecule has 1 aromatic heterocycles. The molecule has 1 aromatic carbocycles. The summed E-state index contributed by atoms with van der Waals surface area (Å²) in [4.78, 5) is 0. The maximum atomic E-state index is 5.93. The first-order chi connectivity index (χ1) is 8.61. The molecule has 18 heavy (non-hydrogen) atoms. The lowest BCUT2D eigenvalue weighted by atomic mass is 10.1. The Kier molecular flexibility index (Phi) is 4.32. The van der Waals surface area contributed by atoms with Gasteiger partial charge in [0.15, 0.2) is 0 Å². The lowest BCUT2D eigenvalue weighted by molar-refractivity contribution is 0.463. The summed E-state index contributed by atoms with van der Waals surface area (Å²) in [5, 5.41) is 1.73. The zero-order valence-electron chi connectivity index (χ0n) is 11.1. The van der Waals surface area contributed by atoms with Gasteiger partial charge in [-0.1, -0.05) is 32.0 Å². The van der Waals surface area contributed by atoms with Crippen molar-refractivity contribution in [3.63, 3.8) is 0 Å². The van der Waals surface area contributed by atoms with Crippen molar-refractivity contribution in [1.82, 2.24) is 5.43 Å². The molecule has 0 radical (unpaired) electrons. The molecule has 0 bridgehead atoms. The van der Waals surface area contributed by atoms with E-state index in [1.807, 2.05) is 17.8 Å². The summed E-state index contributed by atoms with van der Waals surface area (Å²) < 4.78 is 5.93. The van der Waals surface area contributed by atoms with Gasteiger partial charge in [0.1, 0.15) is 11.3 Å². The van der Waals surface area contributed by atoms with Crippen molar-refractivity contribution in [2.24, 2.45) is 5.84 Å². The van der Waals surface area contributed by atoms with E-state index < -0.39 is 0 Å². The Balaban J connectivity index is 2.25. The molecule has 0 spiro atoms. The molecule has 2 rings (SSSR count). The second-order valence-electron chi connectivity index (χ2n) is 4.74. The van der Waals surface area contributed by atoms with Crippen molar-refractivity contribution in [2.75, 3.05) is 5.75 Å². The van der Waals surface area contributed by atoms with E-state index in [9.17, 15) is 0 Å². The van der Waals surface area contributed by atoms with Gasteiger partial charge in [0, 0.05) is 11.1 Å². The number of nitrogens with two attached hydrogens (primary N) is 1. The third-order valence-corrected chi connectivity index (χ3v) is 4.09. The minimum Gasteiger partial charge on any atom is -0.459 e. The van der Waals surface area contributed by atoms with Gasteiger partial charge in [0.05, 0.1) is 6.04 Å². The van der Waals surface area contributed by atoms with Crippen LogP contribution < -0.4 is 11.3 Å². The van der Waals surface area contributed by atoms with Gasteiger partial charge < -0.3 is 4.42 Å². The van der Waals surface area contributed by atoms with Crippen LogP contribution in [0.4, 0.5) is 0 Å². The molecular weight excluding hydrogens is 244 g/mol. The van der Waals surface area contributed by atoms with Crippen molar-refractivity contribution in [3.8, 4) is 0 Å². The number of nitrogens with one attached hydrogen (secondary N) is 1. The molecule has 4 heteroatoms. The molecule has 98 valence electrons. The van der Waals surface area contributed by atoms with Crippen LogP contribution >= 0.6 is 11.8 Å². The second kappa shape index (κ2) is 5.78. The molecule has 0 aliphatic heterocycles. The Morgan fingerprint density at radius 2 is 2.17 bits per heavy atom. The first-order valence-corrected chi connectivity index (χ1v) is 7.23. The van der Waals surface area contributed by atoms with Crippen molar-refractivity contribution in [2.45, 2.75) is 32.1 Å². The monoisotopic (exact) mass is 264 g/mol. The molecule has 0 aliphatic carbocycles. The largest absolute Gasteiger partial charge is 0.459 e. The van der Waals surface area contributed by atoms with E-state index >= 15 is 0 Å². The maximum absolute atomic E-state index is 5.93. The summed E-state index contributed by atoms with van der Waals surface area (Å²) in [7, 11) is 0. The zero-order valence-corrected chi connectivity index (χ0v) is 11.9. The summed E-state index contributed by atoms with van der Waals surface area (Å²) >= 11 is 1.87. The third kappa shape index (κ3) is 2.88. The predicted octanol–water partition coefficient (Wildman–Crippen LogP) is 3.39. The number of aryl methyl sites for hydroxylation is 1. The van der Waals surface area contributed by atoms with Crippen molar-refractivity contribution < 1.29 is 4.42 Å². The fourth-order valence-corrected chi connectivity index (χ4v) is 2.74. The minimum atomic E-state index is 0.0594. The Labute approximate surface area is 112 Å². The molecule has 2 aromatic rings. The minimum absolute atomic E-state index is 0.0594. The Morgan fingerprint density at radius 1 is 1.39 bits per heavy atom. The van der Waals surface area contributed by atoms with Crippen LogP contribution in [0.3, 0.4) is 0 Å². The van der Waals surface area contributed by atoms with Gasteiger partial charge >= 0.3 is 0 Å². The Hall–Kier alpha value is -0.970. The SMILES string of the molecule is Cc1cccc2cc(C(CSC(C)C)NN)oc12. The van der Waals surface area contributed by atoms with Gasteiger partial charge in [0.2, 0.25) is 0 Å². The number of benzene rings is 1. The highest BCUT2D eigenvalue weighted by molar-refractivity contribution is 7.99. The molecule has 0 aliphatic rings. The second-order valence-corrected chi connectivity index (χ2v) is 6.35. The van der Waals surface area contributed by atoms with Gasteiger partial charge in [-0.2, -0.15) is 11.8 Å². The molecule has 3 N–H and O–H groups in total. The maximum Gasteiger partial charge on any atom is 0.137 e. The number of rotatable bonds is 5. The lowest BCUT2D eigenvalue weighted by Gasteiger charge is -2.14. The molecular formula is C14H20N2OS. The molecule has 1 unspecified atom stereocenters. The highest BCUT2D eigenvalue weighted by Crippen LogP contribution is 2.28. The van der Waals surface area contributed by atoms with Gasteiger partial charge in [-0.05, 0) is 23.8 Å². The highest BCUT2D eigenvalue weighted by atomic mass is 32.2. The number of fused-ring (bicyclic) bond motifs is 1. The zero-order chi connectivity index (χ0) is 13.1. The number of thioether (sulfide) groups is 1. The number of para-hydroxylation sites is 1. The van der Waals surface area contributed by atoms with Crippen LogP contribution in [-0.2, 0) is 0 Å². The topological polar surface area (TPSA) is 51.2 Å². The summed E-state index contributed by atoms with van der Waals surface area (Å²) in [6.45, 7) is 6.42. The van der Waals surface area contributed by atoms with Gasteiger partial charge in [0.25, 0.3) is 0 Å². The number of hydrogen-bond acceptors (Lipinski definition) is 4. The molecule has 3 nitrogen and oxygen atoms in total. The third-order valence-electron chi connectivity index (χ3n) is 2.90. The van der Waals surface area contributed by atoms with Crippen LogP contribution in [0.15, 0.2) is 28.7 Å². The first-order valence-electron chi connectivity index (χ1n) is 6.18. The van der Waals surface area contributed by atoms with E-state index in [1.165, 1.54) is 0 Å². The molecule has 1 atom stereocenters. The van der Waals surface area contributed by atoms with E-state index in [-0.39, 0.29) is 6.04 Å². The van der Waals surface area contributed by atoms with E-state index in [4.69, 9.17) is 10.3 Å². The molecule has 0 amide bonds. The number of hydrazine groups is 1. The summed E-state index contributed by atoms with van der Waals surface area (Å²) in [5.74, 6) is 7.45. The van der Waals surface area contributed by atoms with Crippen molar-refractivity contribution in [1.29, 1.82) is 0 Å². The number of hydrogen-bond donors (Lipinski definition) is 2. The fraction of sp³-hybridized carbons (Fsp3) is 0.429. The molecule has 0 fully saturated rings. The van der Waals surface area contributed by atoms with E-state index in [0.717, 1.165) is 28.0 Å². The van der Waals surface area contributed by atoms with Crippen LogP contribution in [0, 0.1) is 6.92 Å². The quantitative estimate of drug-likeness (QED) is 0.642. The molecule has 0 saturated carbocycles. The first kappa shape index (κ1) is 13.5. The lowest BCUT2D eigenvalue weighted by Crippen LogP contribution is -2.29. The van der Waals surface area contributed by atoms with E-state index in [0.29, 0.717) is 5.25 Å². The van der Waals surface area contributed by atoms with Crippen molar-refractivity contribution >= 4 is 22.7 Å². The van der Waals surface area contributed by atoms with Crippen LogP contribution in [0.1, 0.15) is 31.2 Å². The van der Waals surface area contributed by atoms with Gasteiger partial charge in [-0.3, -0.25) is 5.84 Å². The normalized spacial score (nSPS) is 13.4.